The molecule has 1 aliphatic heterocycles. The molecule has 1 heterocycles. The summed E-state index contributed by atoms with van der Waals surface area (Å²) in [6.45, 7) is 4.33. The Balaban J connectivity index is 2.23. The van der Waals surface area contributed by atoms with Crippen LogP contribution in [0.5, 0.6) is 0 Å². The van der Waals surface area contributed by atoms with E-state index in [9.17, 15) is 0 Å². The highest BCUT2D eigenvalue weighted by atomic mass is 15.0. The van der Waals surface area contributed by atoms with Gasteiger partial charge in [-0.3, -0.25) is 0 Å². The first-order valence-corrected chi connectivity index (χ1v) is 5.20. The van der Waals surface area contributed by atoms with E-state index >= 15 is 0 Å². The molecule has 3 heteroatoms. The summed E-state index contributed by atoms with van der Waals surface area (Å²) in [7, 11) is 0. The van der Waals surface area contributed by atoms with Gasteiger partial charge in [-0.1, -0.05) is 6.92 Å². The van der Waals surface area contributed by atoms with Crippen LogP contribution in [-0.2, 0) is 0 Å². The van der Waals surface area contributed by atoms with Crippen molar-refractivity contribution in [2.75, 3.05) is 13.1 Å². The van der Waals surface area contributed by atoms with E-state index in [0.717, 1.165) is 19.5 Å². The van der Waals surface area contributed by atoms with Gasteiger partial charge in [0, 0.05) is 18.6 Å². The predicted molar refractivity (Wildman–Crippen MR) is 53.3 cm³/mol. The summed E-state index contributed by atoms with van der Waals surface area (Å²) in [5.74, 6) is 0. The Morgan fingerprint density at radius 1 is 1.69 bits per heavy atom. The molecule has 0 aromatic carbocycles. The smallest absolute Gasteiger partial charge is 0.0638 e. The highest BCUT2D eigenvalue weighted by molar-refractivity contribution is 4.84. The van der Waals surface area contributed by atoms with Crippen molar-refractivity contribution in [2.24, 2.45) is 0 Å². The molecule has 2 atom stereocenters. The van der Waals surface area contributed by atoms with Crippen molar-refractivity contribution in [3.05, 3.63) is 0 Å². The van der Waals surface area contributed by atoms with Crippen molar-refractivity contribution >= 4 is 0 Å². The van der Waals surface area contributed by atoms with Crippen molar-refractivity contribution in [2.45, 2.75) is 44.7 Å². The Bertz CT molecular complexity index is 167. The maximum absolute atomic E-state index is 8.59. The van der Waals surface area contributed by atoms with Crippen LogP contribution < -0.4 is 10.6 Å². The quantitative estimate of drug-likeness (QED) is 0.680. The summed E-state index contributed by atoms with van der Waals surface area (Å²) in [4.78, 5) is 0. The Labute approximate surface area is 80.5 Å². The summed E-state index contributed by atoms with van der Waals surface area (Å²) in [5.41, 5.74) is 0. The average Bonchev–Trinajstić information content (AvgIpc) is 2.19. The second-order valence-corrected chi connectivity index (χ2v) is 3.68. The van der Waals surface area contributed by atoms with E-state index in [4.69, 9.17) is 5.26 Å². The molecule has 2 unspecified atom stereocenters. The van der Waals surface area contributed by atoms with E-state index in [0.29, 0.717) is 18.5 Å². The molecular weight excluding hydrogens is 162 g/mol. The number of hydrogen-bond donors (Lipinski definition) is 2. The maximum Gasteiger partial charge on any atom is 0.0638 e. The molecule has 0 aromatic heterocycles. The van der Waals surface area contributed by atoms with Gasteiger partial charge in [-0.25, -0.2) is 0 Å². The van der Waals surface area contributed by atoms with Gasteiger partial charge in [0.25, 0.3) is 0 Å². The molecule has 1 saturated heterocycles. The van der Waals surface area contributed by atoms with Gasteiger partial charge in [-0.15, -0.1) is 0 Å². The minimum atomic E-state index is 0.384. The Morgan fingerprint density at radius 2 is 2.54 bits per heavy atom. The van der Waals surface area contributed by atoms with Gasteiger partial charge in [0.05, 0.1) is 12.5 Å². The van der Waals surface area contributed by atoms with Crippen molar-refractivity contribution in [3.8, 4) is 6.07 Å². The van der Waals surface area contributed by atoms with E-state index in [-0.39, 0.29) is 0 Å². The van der Waals surface area contributed by atoms with Crippen LogP contribution in [0.15, 0.2) is 0 Å². The number of nitrogens with one attached hydrogen (secondary N) is 2. The second-order valence-electron chi connectivity index (χ2n) is 3.68. The lowest BCUT2D eigenvalue weighted by atomic mass is 10.0. The third-order valence-electron chi connectivity index (χ3n) is 2.60. The van der Waals surface area contributed by atoms with Gasteiger partial charge >= 0.3 is 0 Å². The van der Waals surface area contributed by atoms with Crippen molar-refractivity contribution < 1.29 is 0 Å². The van der Waals surface area contributed by atoms with Gasteiger partial charge in [-0.2, -0.15) is 5.26 Å². The van der Waals surface area contributed by atoms with Crippen molar-refractivity contribution in [3.63, 3.8) is 0 Å². The van der Waals surface area contributed by atoms with Crippen LogP contribution in [0.25, 0.3) is 0 Å². The molecule has 1 rings (SSSR count). The van der Waals surface area contributed by atoms with Gasteiger partial charge < -0.3 is 10.6 Å². The predicted octanol–water partition coefficient (Wildman–Crippen LogP) is 1.02. The van der Waals surface area contributed by atoms with E-state index < -0.39 is 0 Å². The molecule has 0 aliphatic carbocycles. The lowest BCUT2D eigenvalue weighted by Crippen LogP contribution is -2.47. The lowest BCUT2D eigenvalue weighted by molar-refractivity contribution is 0.346. The number of hydrogen-bond acceptors (Lipinski definition) is 3. The van der Waals surface area contributed by atoms with Crippen LogP contribution in [-0.4, -0.2) is 25.2 Å². The molecule has 2 N–H and O–H groups in total. The van der Waals surface area contributed by atoms with E-state index in [2.05, 4.69) is 23.6 Å². The first-order valence-electron chi connectivity index (χ1n) is 5.20. The first-order chi connectivity index (χ1) is 6.36. The fourth-order valence-corrected chi connectivity index (χ4v) is 1.76. The third kappa shape index (κ3) is 3.75. The normalized spacial score (nSPS) is 25.1. The number of rotatable bonds is 4. The molecule has 0 spiro atoms. The molecule has 0 radical (unpaired) electrons. The number of nitriles is 1. The van der Waals surface area contributed by atoms with Crippen LogP contribution in [0.3, 0.4) is 0 Å². The molecule has 0 bridgehead atoms. The highest BCUT2D eigenvalue weighted by Gasteiger charge is 2.15. The Hall–Kier alpha value is -0.590. The fraction of sp³-hybridized carbons (Fsp3) is 0.900. The largest absolute Gasteiger partial charge is 0.315 e. The number of piperidine rings is 1. The minimum absolute atomic E-state index is 0.384. The van der Waals surface area contributed by atoms with Gasteiger partial charge in [0.2, 0.25) is 0 Å². The molecular formula is C10H19N3. The summed E-state index contributed by atoms with van der Waals surface area (Å²) < 4.78 is 0. The number of nitrogens with zero attached hydrogens (tertiary/aromatic N) is 1. The third-order valence-corrected chi connectivity index (χ3v) is 2.60. The van der Waals surface area contributed by atoms with Crippen molar-refractivity contribution in [1.29, 1.82) is 5.26 Å². The lowest BCUT2D eigenvalue weighted by Gasteiger charge is -2.27. The zero-order valence-electron chi connectivity index (χ0n) is 8.34. The summed E-state index contributed by atoms with van der Waals surface area (Å²) >= 11 is 0. The van der Waals surface area contributed by atoms with Crippen molar-refractivity contribution in [1.82, 2.24) is 10.6 Å². The van der Waals surface area contributed by atoms with E-state index in [1.165, 1.54) is 12.8 Å². The molecule has 13 heavy (non-hydrogen) atoms. The first kappa shape index (κ1) is 10.5. The standard InChI is InChI=1S/C10H19N3/c1-2-9(5-6-11)13-10-4-3-7-12-8-10/h9-10,12-13H,2-5,7-8H2,1H3. The van der Waals surface area contributed by atoms with Crippen LogP contribution in [0, 0.1) is 11.3 Å². The zero-order chi connectivity index (χ0) is 9.52. The second kappa shape index (κ2) is 5.95. The summed E-state index contributed by atoms with van der Waals surface area (Å²) in [5, 5.41) is 15.5. The maximum atomic E-state index is 8.59. The highest BCUT2D eigenvalue weighted by Crippen LogP contribution is 2.05. The van der Waals surface area contributed by atoms with Crippen LogP contribution in [0.1, 0.15) is 32.6 Å². The van der Waals surface area contributed by atoms with Gasteiger partial charge in [-0.05, 0) is 25.8 Å². The molecule has 1 fully saturated rings. The van der Waals surface area contributed by atoms with Crippen LogP contribution in [0.4, 0.5) is 0 Å². The monoisotopic (exact) mass is 181 g/mol. The van der Waals surface area contributed by atoms with Gasteiger partial charge in [0.15, 0.2) is 0 Å². The van der Waals surface area contributed by atoms with Gasteiger partial charge in [0.1, 0.15) is 0 Å². The Kier molecular flexibility index (Phi) is 4.81. The molecule has 0 saturated carbocycles. The SMILES string of the molecule is CCC(CC#N)NC1CCCNC1. The summed E-state index contributed by atoms with van der Waals surface area (Å²) in [6.07, 6.45) is 4.17. The fourth-order valence-electron chi connectivity index (χ4n) is 1.76. The van der Waals surface area contributed by atoms with E-state index in [1.54, 1.807) is 0 Å². The topological polar surface area (TPSA) is 47.9 Å². The zero-order valence-corrected chi connectivity index (χ0v) is 8.34. The summed E-state index contributed by atoms with van der Waals surface area (Å²) in [6, 6.07) is 3.19. The average molecular weight is 181 g/mol. The molecule has 3 nitrogen and oxygen atoms in total. The van der Waals surface area contributed by atoms with Crippen LogP contribution in [0.2, 0.25) is 0 Å². The molecule has 0 amide bonds. The van der Waals surface area contributed by atoms with Crippen LogP contribution >= 0.6 is 0 Å². The van der Waals surface area contributed by atoms with E-state index in [1.807, 2.05) is 0 Å². The Morgan fingerprint density at radius 3 is 3.08 bits per heavy atom. The molecule has 74 valence electrons. The molecule has 0 aromatic rings. The molecule has 1 aliphatic rings. The minimum Gasteiger partial charge on any atom is -0.315 e.